The molecule has 0 aromatic heterocycles. The first-order valence-corrected chi connectivity index (χ1v) is 8.88. The third kappa shape index (κ3) is 4.60. The van der Waals surface area contributed by atoms with Crippen molar-refractivity contribution in [3.8, 4) is 17.2 Å². The monoisotopic (exact) mass is 381 g/mol. The summed E-state index contributed by atoms with van der Waals surface area (Å²) in [6.45, 7) is 1.83. The molecule has 5 heteroatoms. The lowest BCUT2D eigenvalue weighted by molar-refractivity contribution is -0.116. The van der Waals surface area contributed by atoms with Gasteiger partial charge >= 0.3 is 0 Å². The molecule has 3 aromatic carbocycles. The van der Waals surface area contributed by atoms with E-state index in [-0.39, 0.29) is 5.91 Å². The quantitative estimate of drug-likeness (QED) is 0.550. The number of para-hydroxylation sites is 3. The van der Waals surface area contributed by atoms with Crippen molar-refractivity contribution in [2.45, 2.75) is 13.5 Å². The fraction of sp³-hybridized carbons (Fsp3) is 0.136. The van der Waals surface area contributed by atoms with Crippen molar-refractivity contribution in [2.24, 2.45) is 0 Å². The summed E-state index contributed by atoms with van der Waals surface area (Å²) >= 11 is 6.33. The highest BCUT2D eigenvalue weighted by Gasteiger charge is 2.18. The standard InChI is InChI=1S/C22H20ClNO3/c1-16(25)24(15-17-14-19(26-2)12-13-20(17)23)21-10-6-7-11-22(21)27-18-8-4-3-5-9-18/h3-14H,15H2,1-2H3. The molecule has 0 bridgehead atoms. The number of rotatable bonds is 6. The first-order chi connectivity index (χ1) is 13.1. The Morgan fingerprint density at radius 3 is 2.37 bits per heavy atom. The van der Waals surface area contributed by atoms with Crippen LogP contribution in [0.1, 0.15) is 12.5 Å². The Labute approximate surface area is 163 Å². The summed E-state index contributed by atoms with van der Waals surface area (Å²) in [6, 6.07) is 22.3. The summed E-state index contributed by atoms with van der Waals surface area (Å²) < 4.78 is 11.3. The minimum Gasteiger partial charge on any atom is -0.497 e. The highest BCUT2D eigenvalue weighted by molar-refractivity contribution is 6.31. The third-order valence-electron chi connectivity index (χ3n) is 4.09. The zero-order valence-electron chi connectivity index (χ0n) is 15.2. The molecule has 0 heterocycles. The molecule has 0 aliphatic carbocycles. The number of methoxy groups -OCH3 is 1. The molecule has 3 rings (SSSR count). The van der Waals surface area contributed by atoms with Crippen molar-refractivity contribution in [3.05, 3.63) is 83.4 Å². The minimum absolute atomic E-state index is 0.113. The van der Waals surface area contributed by atoms with Gasteiger partial charge in [-0.15, -0.1) is 0 Å². The molecule has 27 heavy (non-hydrogen) atoms. The molecule has 0 N–H and O–H groups in total. The van der Waals surface area contributed by atoms with Gasteiger partial charge in [0.05, 0.1) is 19.3 Å². The predicted molar refractivity (Wildman–Crippen MR) is 108 cm³/mol. The average Bonchev–Trinajstić information content (AvgIpc) is 2.68. The Morgan fingerprint density at radius 1 is 0.963 bits per heavy atom. The van der Waals surface area contributed by atoms with Crippen molar-refractivity contribution in [1.82, 2.24) is 0 Å². The maximum atomic E-state index is 12.4. The highest BCUT2D eigenvalue weighted by atomic mass is 35.5. The molecule has 0 aliphatic rings. The molecular weight excluding hydrogens is 362 g/mol. The van der Waals surface area contributed by atoms with E-state index in [4.69, 9.17) is 21.1 Å². The molecule has 0 unspecified atom stereocenters. The Bertz CT molecular complexity index is 928. The zero-order chi connectivity index (χ0) is 19.2. The summed E-state index contributed by atoms with van der Waals surface area (Å²) in [5.41, 5.74) is 1.47. The van der Waals surface area contributed by atoms with Gasteiger partial charge in [-0.3, -0.25) is 4.79 Å². The zero-order valence-corrected chi connectivity index (χ0v) is 15.9. The van der Waals surface area contributed by atoms with E-state index in [2.05, 4.69) is 0 Å². The van der Waals surface area contributed by atoms with Crippen LogP contribution in [0.5, 0.6) is 17.2 Å². The Hall–Kier alpha value is -2.98. The van der Waals surface area contributed by atoms with Gasteiger partial charge in [-0.2, -0.15) is 0 Å². The van der Waals surface area contributed by atoms with Crippen molar-refractivity contribution in [2.75, 3.05) is 12.0 Å². The number of hydrogen-bond acceptors (Lipinski definition) is 3. The van der Waals surface area contributed by atoms with Gasteiger partial charge in [0.25, 0.3) is 0 Å². The maximum Gasteiger partial charge on any atom is 0.224 e. The van der Waals surface area contributed by atoms with E-state index in [9.17, 15) is 4.79 Å². The predicted octanol–water partition coefficient (Wildman–Crippen LogP) is 5.69. The van der Waals surface area contributed by atoms with Gasteiger partial charge in [0.1, 0.15) is 11.5 Å². The van der Waals surface area contributed by atoms with Gasteiger partial charge in [-0.05, 0) is 48.0 Å². The highest BCUT2D eigenvalue weighted by Crippen LogP contribution is 2.34. The van der Waals surface area contributed by atoms with Gasteiger partial charge in [0.15, 0.2) is 5.75 Å². The van der Waals surface area contributed by atoms with E-state index in [1.807, 2.05) is 60.7 Å². The van der Waals surface area contributed by atoms with Crippen LogP contribution in [-0.4, -0.2) is 13.0 Å². The topological polar surface area (TPSA) is 38.8 Å². The number of halogens is 1. The van der Waals surface area contributed by atoms with Crippen LogP contribution in [0, 0.1) is 0 Å². The molecule has 0 spiro atoms. The molecule has 138 valence electrons. The summed E-state index contributed by atoms with van der Waals surface area (Å²) in [5, 5.41) is 0.573. The van der Waals surface area contributed by atoms with Crippen LogP contribution in [0.4, 0.5) is 5.69 Å². The third-order valence-corrected chi connectivity index (χ3v) is 4.46. The van der Waals surface area contributed by atoms with E-state index in [0.717, 1.165) is 5.56 Å². The largest absolute Gasteiger partial charge is 0.497 e. The Morgan fingerprint density at radius 2 is 1.67 bits per heavy atom. The van der Waals surface area contributed by atoms with E-state index in [1.54, 1.807) is 24.1 Å². The number of anilines is 1. The van der Waals surface area contributed by atoms with Crippen molar-refractivity contribution < 1.29 is 14.3 Å². The second-order valence-electron chi connectivity index (χ2n) is 5.95. The number of amides is 1. The van der Waals surface area contributed by atoms with E-state index < -0.39 is 0 Å². The molecule has 0 atom stereocenters. The van der Waals surface area contributed by atoms with Crippen molar-refractivity contribution in [1.29, 1.82) is 0 Å². The van der Waals surface area contributed by atoms with Crippen LogP contribution in [0.3, 0.4) is 0 Å². The van der Waals surface area contributed by atoms with Gasteiger partial charge in [-0.1, -0.05) is 41.9 Å². The van der Waals surface area contributed by atoms with Crippen LogP contribution >= 0.6 is 11.6 Å². The minimum atomic E-state index is -0.113. The molecule has 3 aromatic rings. The van der Waals surface area contributed by atoms with E-state index in [1.165, 1.54) is 6.92 Å². The molecule has 0 fully saturated rings. The number of benzene rings is 3. The van der Waals surface area contributed by atoms with E-state index >= 15 is 0 Å². The van der Waals surface area contributed by atoms with Crippen LogP contribution in [-0.2, 0) is 11.3 Å². The molecule has 0 aliphatic heterocycles. The molecule has 0 radical (unpaired) electrons. The molecule has 1 amide bonds. The summed E-state index contributed by atoms with van der Waals surface area (Å²) in [5.74, 6) is 1.87. The molecular formula is C22H20ClNO3. The lowest BCUT2D eigenvalue weighted by atomic mass is 10.1. The maximum absolute atomic E-state index is 12.4. The van der Waals surface area contributed by atoms with Gasteiger partial charge in [0, 0.05) is 11.9 Å². The number of nitrogens with zero attached hydrogens (tertiary/aromatic N) is 1. The van der Waals surface area contributed by atoms with Gasteiger partial charge in [-0.25, -0.2) is 0 Å². The Balaban J connectivity index is 1.95. The first-order valence-electron chi connectivity index (χ1n) is 8.51. The fourth-order valence-electron chi connectivity index (χ4n) is 2.72. The van der Waals surface area contributed by atoms with Crippen molar-refractivity contribution in [3.63, 3.8) is 0 Å². The van der Waals surface area contributed by atoms with Crippen LogP contribution in [0.15, 0.2) is 72.8 Å². The summed E-state index contributed by atoms with van der Waals surface area (Å²) in [6.07, 6.45) is 0. The lowest BCUT2D eigenvalue weighted by Gasteiger charge is -2.24. The van der Waals surface area contributed by atoms with Crippen LogP contribution < -0.4 is 14.4 Å². The van der Waals surface area contributed by atoms with Gasteiger partial charge in [0.2, 0.25) is 5.91 Å². The fourth-order valence-corrected chi connectivity index (χ4v) is 2.89. The second-order valence-corrected chi connectivity index (χ2v) is 6.35. The van der Waals surface area contributed by atoms with Crippen LogP contribution in [0.25, 0.3) is 0 Å². The van der Waals surface area contributed by atoms with E-state index in [0.29, 0.717) is 34.5 Å². The summed E-state index contributed by atoms with van der Waals surface area (Å²) in [4.78, 5) is 14.1. The Kier molecular flexibility index (Phi) is 5.99. The molecule has 0 saturated carbocycles. The van der Waals surface area contributed by atoms with Gasteiger partial charge < -0.3 is 14.4 Å². The normalized spacial score (nSPS) is 10.3. The molecule has 0 saturated heterocycles. The smallest absolute Gasteiger partial charge is 0.224 e. The molecule has 4 nitrogen and oxygen atoms in total. The second kappa shape index (κ2) is 8.60. The average molecular weight is 382 g/mol. The van der Waals surface area contributed by atoms with Crippen molar-refractivity contribution >= 4 is 23.2 Å². The number of carbonyl (C=O) groups excluding carboxylic acids is 1. The first kappa shape index (κ1) is 18.8. The number of ether oxygens (including phenoxy) is 2. The SMILES string of the molecule is COc1ccc(Cl)c(CN(C(C)=O)c2ccccc2Oc2ccccc2)c1. The summed E-state index contributed by atoms with van der Waals surface area (Å²) in [7, 11) is 1.60. The van der Waals surface area contributed by atoms with Crippen LogP contribution in [0.2, 0.25) is 5.02 Å². The number of hydrogen-bond donors (Lipinski definition) is 0. The number of carbonyl (C=O) groups is 1. The lowest BCUT2D eigenvalue weighted by Crippen LogP contribution is -2.28.